The van der Waals surface area contributed by atoms with Crippen molar-refractivity contribution < 1.29 is 18.7 Å². The summed E-state index contributed by atoms with van der Waals surface area (Å²) in [6, 6.07) is 12.1. The van der Waals surface area contributed by atoms with Crippen LogP contribution >= 0.6 is 12.2 Å². The zero-order chi connectivity index (χ0) is 25.7. The molecule has 7 nitrogen and oxygen atoms in total. The predicted molar refractivity (Wildman–Crippen MR) is 143 cm³/mol. The predicted octanol–water partition coefficient (Wildman–Crippen LogP) is 4.29. The van der Waals surface area contributed by atoms with E-state index in [1.54, 1.807) is 12.1 Å². The first-order chi connectivity index (χ1) is 17.4. The van der Waals surface area contributed by atoms with E-state index >= 15 is 0 Å². The lowest BCUT2D eigenvalue weighted by atomic mass is 9.99. The number of thiocarbonyl (C=S) groups is 1. The number of hydrogen-bond acceptors (Lipinski definition) is 5. The number of anilines is 2. The van der Waals surface area contributed by atoms with E-state index in [1.807, 2.05) is 24.0 Å². The molecule has 1 atom stereocenters. The van der Waals surface area contributed by atoms with Crippen LogP contribution in [0.25, 0.3) is 0 Å². The van der Waals surface area contributed by atoms with Gasteiger partial charge >= 0.3 is 0 Å². The summed E-state index contributed by atoms with van der Waals surface area (Å²) < 4.78 is 18.8. The molecule has 2 aromatic rings. The van der Waals surface area contributed by atoms with Crippen LogP contribution in [-0.2, 0) is 9.59 Å². The molecule has 2 aliphatic rings. The molecule has 0 aromatic heterocycles. The Balaban J connectivity index is 1.50. The van der Waals surface area contributed by atoms with Crippen LogP contribution in [0, 0.1) is 11.7 Å². The standard InChI is InChI=1S/C27H33FN4O3S/c1-3-35-23-10-8-22(9-11-23)32-26(34)24(18-25(33)29-21-6-4-20(28)5-7-21)31(27(32)36)17-16-30-14-12-19(2)13-15-30/h4-11,19,24H,3,12-18H2,1-2H3,(H,29,33). The van der Waals surface area contributed by atoms with Crippen molar-refractivity contribution in [2.45, 2.75) is 39.2 Å². The molecule has 0 spiro atoms. The SMILES string of the molecule is CCOc1ccc(N2C(=O)C(CC(=O)Nc3ccc(F)cc3)N(CCN3CCC(C)CC3)C2=S)cc1. The zero-order valence-corrected chi connectivity index (χ0v) is 21.6. The van der Waals surface area contributed by atoms with Crippen molar-refractivity contribution in [3.8, 4) is 5.75 Å². The third-order valence-corrected chi connectivity index (χ3v) is 7.18. The number of benzene rings is 2. The number of likely N-dealkylation sites (tertiary alicyclic amines) is 1. The Morgan fingerprint density at radius 3 is 2.39 bits per heavy atom. The van der Waals surface area contributed by atoms with Gasteiger partial charge < -0.3 is 19.9 Å². The molecule has 2 saturated heterocycles. The highest BCUT2D eigenvalue weighted by atomic mass is 32.1. The normalized spacial score (nSPS) is 19.1. The van der Waals surface area contributed by atoms with Crippen molar-refractivity contribution in [1.82, 2.24) is 9.80 Å². The second-order valence-corrected chi connectivity index (χ2v) is 9.74. The quantitative estimate of drug-likeness (QED) is 0.506. The zero-order valence-electron chi connectivity index (χ0n) is 20.8. The van der Waals surface area contributed by atoms with Crippen molar-refractivity contribution >= 4 is 40.5 Å². The Kier molecular flexibility index (Phi) is 8.53. The minimum absolute atomic E-state index is 0.0546. The Morgan fingerprint density at radius 2 is 1.75 bits per heavy atom. The van der Waals surface area contributed by atoms with Crippen LogP contribution in [-0.4, -0.2) is 65.6 Å². The van der Waals surface area contributed by atoms with Crippen LogP contribution in [0.1, 0.15) is 33.1 Å². The molecule has 2 aliphatic heterocycles. The van der Waals surface area contributed by atoms with Gasteiger partial charge in [0.25, 0.3) is 5.91 Å². The maximum Gasteiger partial charge on any atom is 0.256 e. The molecule has 0 radical (unpaired) electrons. The first-order valence-electron chi connectivity index (χ1n) is 12.5. The average Bonchev–Trinajstić information content (AvgIpc) is 3.09. The fraction of sp³-hybridized carbons (Fsp3) is 0.444. The van der Waals surface area contributed by atoms with Crippen LogP contribution in [0.15, 0.2) is 48.5 Å². The van der Waals surface area contributed by atoms with Gasteiger partial charge in [-0.15, -0.1) is 0 Å². The van der Waals surface area contributed by atoms with Gasteiger partial charge in [0.15, 0.2) is 5.11 Å². The van der Waals surface area contributed by atoms with Crippen LogP contribution < -0.4 is 15.0 Å². The van der Waals surface area contributed by atoms with Crippen molar-refractivity contribution in [2.75, 3.05) is 43.0 Å². The second kappa shape index (κ2) is 11.8. The van der Waals surface area contributed by atoms with Gasteiger partial charge in [0.2, 0.25) is 5.91 Å². The van der Waals surface area contributed by atoms with E-state index < -0.39 is 6.04 Å². The Bertz CT molecular complexity index is 1070. The van der Waals surface area contributed by atoms with Gasteiger partial charge in [-0.05, 0) is 99.5 Å². The minimum atomic E-state index is -0.715. The molecule has 2 fully saturated rings. The smallest absolute Gasteiger partial charge is 0.256 e. The first-order valence-corrected chi connectivity index (χ1v) is 12.9. The van der Waals surface area contributed by atoms with Crippen molar-refractivity contribution in [3.63, 3.8) is 0 Å². The number of ether oxygens (including phenoxy) is 1. The molecule has 36 heavy (non-hydrogen) atoms. The number of carbonyl (C=O) groups excluding carboxylic acids is 2. The van der Waals surface area contributed by atoms with Crippen molar-refractivity contribution in [2.24, 2.45) is 5.92 Å². The van der Waals surface area contributed by atoms with Gasteiger partial charge in [0.05, 0.1) is 18.7 Å². The summed E-state index contributed by atoms with van der Waals surface area (Å²) in [7, 11) is 0. The van der Waals surface area contributed by atoms with E-state index in [4.69, 9.17) is 17.0 Å². The Labute approximate surface area is 217 Å². The third-order valence-electron chi connectivity index (χ3n) is 6.76. The van der Waals surface area contributed by atoms with E-state index in [0.29, 0.717) is 35.4 Å². The summed E-state index contributed by atoms with van der Waals surface area (Å²) in [5.74, 6) is 0.506. The average molecular weight is 513 g/mol. The lowest BCUT2D eigenvalue weighted by molar-refractivity contribution is -0.124. The fourth-order valence-electron chi connectivity index (χ4n) is 4.64. The molecule has 4 rings (SSSR count). The number of amides is 2. The van der Waals surface area contributed by atoms with Crippen LogP contribution in [0.5, 0.6) is 5.75 Å². The van der Waals surface area contributed by atoms with Crippen LogP contribution in [0.4, 0.5) is 15.8 Å². The van der Waals surface area contributed by atoms with Gasteiger partial charge in [-0.2, -0.15) is 0 Å². The minimum Gasteiger partial charge on any atom is -0.494 e. The molecule has 2 heterocycles. The number of halogens is 1. The summed E-state index contributed by atoms with van der Waals surface area (Å²) in [4.78, 5) is 32.2. The van der Waals surface area contributed by atoms with Gasteiger partial charge in [0, 0.05) is 18.8 Å². The molecule has 9 heteroatoms. The first kappa shape index (κ1) is 26.0. The number of nitrogens with zero attached hydrogens (tertiary/aromatic N) is 3. The van der Waals surface area contributed by atoms with E-state index in [0.717, 1.165) is 38.4 Å². The van der Waals surface area contributed by atoms with Gasteiger partial charge in [-0.1, -0.05) is 6.92 Å². The summed E-state index contributed by atoms with van der Waals surface area (Å²) in [6.45, 7) is 8.11. The number of piperidine rings is 1. The van der Waals surface area contributed by atoms with Gasteiger partial charge in [-0.3, -0.25) is 14.5 Å². The van der Waals surface area contributed by atoms with E-state index in [1.165, 1.54) is 29.2 Å². The second-order valence-electron chi connectivity index (χ2n) is 9.38. The molecule has 0 bridgehead atoms. The summed E-state index contributed by atoms with van der Waals surface area (Å²) >= 11 is 5.77. The van der Waals surface area contributed by atoms with Gasteiger partial charge in [-0.25, -0.2) is 4.39 Å². The molecule has 192 valence electrons. The maximum atomic E-state index is 13.6. The highest BCUT2D eigenvalue weighted by molar-refractivity contribution is 7.80. The molecule has 2 aromatic carbocycles. The van der Waals surface area contributed by atoms with Crippen LogP contribution in [0.2, 0.25) is 0 Å². The summed E-state index contributed by atoms with van der Waals surface area (Å²) in [5.41, 5.74) is 1.12. The highest BCUT2D eigenvalue weighted by Crippen LogP contribution is 2.29. The van der Waals surface area contributed by atoms with Crippen LogP contribution in [0.3, 0.4) is 0 Å². The highest BCUT2D eigenvalue weighted by Gasteiger charge is 2.44. The molecule has 0 saturated carbocycles. The molecule has 2 amide bonds. The fourth-order valence-corrected chi connectivity index (χ4v) is 5.05. The topological polar surface area (TPSA) is 65.1 Å². The lowest BCUT2D eigenvalue weighted by Gasteiger charge is -2.32. The maximum absolute atomic E-state index is 13.6. The largest absolute Gasteiger partial charge is 0.494 e. The molecule has 0 aliphatic carbocycles. The summed E-state index contributed by atoms with van der Waals surface area (Å²) in [5, 5.41) is 3.16. The molecular weight excluding hydrogens is 479 g/mol. The number of nitrogens with one attached hydrogen (secondary N) is 1. The molecule has 1 unspecified atom stereocenters. The molecule has 1 N–H and O–H groups in total. The van der Waals surface area contributed by atoms with E-state index in [2.05, 4.69) is 17.1 Å². The van der Waals surface area contributed by atoms with E-state index in [9.17, 15) is 14.0 Å². The monoisotopic (exact) mass is 512 g/mol. The number of carbonyl (C=O) groups is 2. The van der Waals surface area contributed by atoms with Gasteiger partial charge in [0.1, 0.15) is 17.6 Å². The Morgan fingerprint density at radius 1 is 1.08 bits per heavy atom. The Hall–Kier alpha value is -3.04. The van der Waals surface area contributed by atoms with Crippen molar-refractivity contribution in [3.05, 3.63) is 54.3 Å². The third kappa shape index (κ3) is 6.20. The van der Waals surface area contributed by atoms with Crippen molar-refractivity contribution in [1.29, 1.82) is 0 Å². The number of rotatable bonds is 9. The molecular formula is C27H33FN4O3S. The lowest BCUT2D eigenvalue weighted by Crippen LogP contribution is -2.44. The number of hydrogen-bond donors (Lipinski definition) is 1. The summed E-state index contributed by atoms with van der Waals surface area (Å²) in [6.07, 6.45) is 2.26. The van der Waals surface area contributed by atoms with E-state index in [-0.39, 0.29) is 24.1 Å².